The van der Waals surface area contributed by atoms with Gasteiger partial charge >= 0.3 is 5.82 Å². The number of benzene rings is 1. The Bertz CT molecular complexity index is 577. The summed E-state index contributed by atoms with van der Waals surface area (Å²) < 4.78 is 1.45. The van der Waals surface area contributed by atoms with E-state index in [4.69, 9.17) is 0 Å². The van der Waals surface area contributed by atoms with E-state index < -0.39 is 11.0 Å². The molecular formula is C12H11N3O3. The zero-order chi connectivity index (χ0) is 13.1. The van der Waals surface area contributed by atoms with Crippen LogP contribution in [-0.4, -0.2) is 20.3 Å². The van der Waals surface area contributed by atoms with Crippen molar-refractivity contribution in [3.05, 3.63) is 58.5 Å². The molecule has 0 fully saturated rings. The van der Waals surface area contributed by atoms with Crippen molar-refractivity contribution in [2.45, 2.75) is 13.0 Å². The molecule has 6 nitrogen and oxygen atoms in total. The number of nitro groups is 1. The Hall–Kier alpha value is -2.50. The number of carbonyl (C=O) groups excluding carboxylic acids is 1. The zero-order valence-corrected chi connectivity index (χ0v) is 9.69. The Kier molecular flexibility index (Phi) is 3.18. The van der Waals surface area contributed by atoms with Crippen LogP contribution >= 0.6 is 0 Å². The molecule has 0 saturated heterocycles. The second kappa shape index (κ2) is 4.79. The standard InChI is InChI=1S/C12H11N3O3/c1-9(16)12(10-5-3-2-4-6-10)14-7-11(13-8-14)15(17)18/h2-8,12H,1H3. The molecule has 0 aliphatic heterocycles. The minimum Gasteiger partial charge on any atom is -0.358 e. The zero-order valence-electron chi connectivity index (χ0n) is 9.69. The van der Waals surface area contributed by atoms with Crippen molar-refractivity contribution < 1.29 is 9.72 Å². The maximum atomic E-state index is 11.7. The largest absolute Gasteiger partial charge is 0.381 e. The predicted octanol–water partition coefficient (Wildman–Crippen LogP) is 1.97. The molecule has 0 radical (unpaired) electrons. The molecule has 1 unspecified atom stereocenters. The Balaban J connectivity index is 2.42. The fraction of sp³-hybridized carbons (Fsp3) is 0.167. The van der Waals surface area contributed by atoms with Crippen molar-refractivity contribution in [3.63, 3.8) is 0 Å². The monoisotopic (exact) mass is 245 g/mol. The van der Waals surface area contributed by atoms with Crippen molar-refractivity contribution in [2.24, 2.45) is 0 Å². The highest BCUT2D eigenvalue weighted by molar-refractivity contribution is 5.83. The lowest BCUT2D eigenvalue weighted by Crippen LogP contribution is -2.16. The molecule has 18 heavy (non-hydrogen) atoms. The first-order chi connectivity index (χ1) is 8.59. The molecule has 0 aliphatic rings. The van der Waals surface area contributed by atoms with Gasteiger partial charge in [-0.1, -0.05) is 30.3 Å². The Morgan fingerprint density at radius 3 is 2.56 bits per heavy atom. The van der Waals surface area contributed by atoms with E-state index in [2.05, 4.69) is 4.98 Å². The first-order valence-electron chi connectivity index (χ1n) is 5.33. The quantitative estimate of drug-likeness (QED) is 0.609. The smallest absolute Gasteiger partial charge is 0.358 e. The molecule has 2 aromatic rings. The molecule has 0 saturated carbocycles. The van der Waals surface area contributed by atoms with Crippen molar-refractivity contribution in [2.75, 3.05) is 0 Å². The van der Waals surface area contributed by atoms with E-state index in [0.29, 0.717) is 0 Å². The topological polar surface area (TPSA) is 78.0 Å². The van der Waals surface area contributed by atoms with Gasteiger partial charge < -0.3 is 10.1 Å². The molecule has 1 aromatic heterocycles. The molecule has 1 aromatic carbocycles. The number of nitrogens with zero attached hydrogens (tertiary/aromatic N) is 3. The molecular weight excluding hydrogens is 234 g/mol. The summed E-state index contributed by atoms with van der Waals surface area (Å²) in [6.07, 6.45) is 2.57. The Labute approximate surface area is 103 Å². The van der Waals surface area contributed by atoms with Crippen LogP contribution < -0.4 is 0 Å². The van der Waals surface area contributed by atoms with Gasteiger partial charge in [-0.3, -0.25) is 9.36 Å². The van der Waals surface area contributed by atoms with Gasteiger partial charge in [-0.05, 0) is 22.4 Å². The summed E-state index contributed by atoms with van der Waals surface area (Å²) in [6, 6.07) is 8.51. The number of imidazole rings is 1. The van der Waals surface area contributed by atoms with E-state index in [9.17, 15) is 14.9 Å². The van der Waals surface area contributed by atoms with Gasteiger partial charge in [0, 0.05) is 0 Å². The van der Waals surface area contributed by atoms with Crippen LogP contribution in [0.3, 0.4) is 0 Å². The van der Waals surface area contributed by atoms with Gasteiger partial charge in [0.2, 0.25) is 6.33 Å². The number of ketones is 1. The minimum absolute atomic E-state index is 0.103. The van der Waals surface area contributed by atoms with Crippen LogP contribution in [0.25, 0.3) is 0 Å². The first kappa shape index (κ1) is 12.0. The number of hydrogen-bond acceptors (Lipinski definition) is 4. The van der Waals surface area contributed by atoms with Gasteiger partial charge in [-0.15, -0.1) is 0 Å². The summed E-state index contributed by atoms with van der Waals surface area (Å²) in [7, 11) is 0. The highest BCUT2D eigenvalue weighted by Gasteiger charge is 2.22. The lowest BCUT2D eigenvalue weighted by molar-refractivity contribution is -0.389. The summed E-state index contributed by atoms with van der Waals surface area (Å²) in [5.41, 5.74) is 0.775. The van der Waals surface area contributed by atoms with Crippen molar-refractivity contribution in [3.8, 4) is 0 Å². The molecule has 2 rings (SSSR count). The van der Waals surface area contributed by atoms with Gasteiger partial charge in [0.1, 0.15) is 12.2 Å². The SMILES string of the molecule is CC(=O)C(c1ccccc1)n1cnc([N+](=O)[O-])c1. The number of aromatic nitrogens is 2. The van der Waals surface area contributed by atoms with Gasteiger partial charge in [-0.25, -0.2) is 0 Å². The number of hydrogen-bond donors (Lipinski definition) is 0. The third-order valence-electron chi connectivity index (χ3n) is 2.57. The lowest BCUT2D eigenvalue weighted by atomic mass is 10.0. The van der Waals surface area contributed by atoms with Gasteiger partial charge in [0.25, 0.3) is 0 Å². The summed E-state index contributed by atoms with van der Waals surface area (Å²) in [6.45, 7) is 1.45. The fourth-order valence-electron chi connectivity index (χ4n) is 1.81. The first-order valence-corrected chi connectivity index (χ1v) is 5.33. The summed E-state index contributed by atoms with van der Waals surface area (Å²) in [5.74, 6) is -0.370. The fourth-order valence-corrected chi connectivity index (χ4v) is 1.81. The third-order valence-corrected chi connectivity index (χ3v) is 2.57. The highest BCUT2D eigenvalue weighted by Crippen LogP contribution is 2.21. The second-order valence-corrected chi connectivity index (χ2v) is 3.86. The van der Waals surface area contributed by atoms with Crippen LogP contribution in [0.2, 0.25) is 0 Å². The molecule has 6 heteroatoms. The molecule has 1 atom stereocenters. The van der Waals surface area contributed by atoms with Gasteiger partial charge in [-0.2, -0.15) is 0 Å². The van der Waals surface area contributed by atoms with Crippen molar-refractivity contribution in [1.29, 1.82) is 0 Å². The maximum Gasteiger partial charge on any atom is 0.381 e. The summed E-state index contributed by atoms with van der Waals surface area (Å²) in [5, 5.41) is 10.6. The van der Waals surface area contributed by atoms with Crippen LogP contribution in [-0.2, 0) is 4.79 Å². The minimum atomic E-state index is -0.585. The van der Waals surface area contributed by atoms with Crippen LogP contribution in [0.5, 0.6) is 0 Å². The van der Waals surface area contributed by atoms with Gasteiger partial charge in [0.05, 0.1) is 0 Å². The molecule has 0 spiro atoms. The van der Waals surface area contributed by atoms with E-state index in [1.807, 2.05) is 18.2 Å². The molecule has 0 aliphatic carbocycles. The second-order valence-electron chi connectivity index (χ2n) is 3.86. The Morgan fingerprint density at radius 1 is 1.39 bits per heavy atom. The molecule has 1 heterocycles. The van der Waals surface area contributed by atoms with Crippen molar-refractivity contribution >= 4 is 11.6 Å². The average Bonchev–Trinajstić information content (AvgIpc) is 2.79. The number of carbonyl (C=O) groups is 1. The molecule has 92 valence electrons. The van der Waals surface area contributed by atoms with Gasteiger partial charge in [0.15, 0.2) is 5.78 Å². The predicted molar refractivity (Wildman–Crippen MR) is 64.1 cm³/mol. The van der Waals surface area contributed by atoms with E-state index in [1.54, 1.807) is 12.1 Å². The van der Waals surface area contributed by atoms with Crippen LogP contribution in [0.4, 0.5) is 5.82 Å². The van der Waals surface area contributed by atoms with E-state index in [1.165, 1.54) is 24.0 Å². The number of Topliss-reactive ketones (excluding diaryl/α,β-unsaturated/α-hetero) is 1. The molecule has 0 N–H and O–H groups in total. The van der Waals surface area contributed by atoms with E-state index in [0.717, 1.165) is 5.56 Å². The van der Waals surface area contributed by atoms with Crippen LogP contribution in [0.15, 0.2) is 42.9 Å². The van der Waals surface area contributed by atoms with E-state index >= 15 is 0 Å². The summed E-state index contributed by atoms with van der Waals surface area (Å²) >= 11 is 0. The number of rotatable bonds is 4. The Morgan fingerprint density at radius 2 is 2.06 bits per heavy atom. The summed E-state index contributed by atoms with van der Waals surface area (Å²) in [4.78, 5) is 25.4. The lowest BCUT2D eigenvalue weighted by Gasteiger charge is -2.14. The normalized spacial score (nSPS) is 12.1. The third kappa shape index (κ3) is 2.27. The van der Waals surface area contributed by atoms with E-state index in [-0.39, 0.29) is 11.6 Å². The van der Waals surface area contributed by atoms with Crippen LogP contribution in [0.1, 0.15) is 18.5 Å². The maximum absolute atomic E-state index is 11.7. The molecule has 0 bridgehead atoms. The van der Waals surface area contributed by atoms with Crippen LogP contribution in [0, 0.1) is 10.1 Å². The van der Waals surface area contributed by atoms with Crippen molar-refractivity contribution in [1.82, 2.24) is 9.55 Å². The average molecular weight is 245 g/mol. The molecule has 0 amide bonds. The highest BCUT2D eigenvalue weighted by atomic mass is 16.6.